The van der Waals surface area contributed by atoms with Crippen molar-refractivity contribution < 1.29 is 31.8 Å². The molecular formula is C10H8F4O3. The zero-order valence-corrected chi connectivity index (χ0v) is 8.41. The Morgan fingerprint density at radius 3 is 2.18 bits per heavy atom. The first-order valence-electron chi connectivity index (χ1n) is 4.49. The third-order valence-corrected chi connectivity index (χ3v) is 1.76. The Balaban J connectivity index is 2.98. The smallest absolute Gasteiger partial charge is 0.387 e. The molecule has 0 atom stereocenters. The fourth-order valence-corrected chi connectivity index (χ4v) is 1.16. The number of halogens is 4. The number of alkyl halides is 4. The predicted molar refractivity (Wildman–Crippen MR) is 49.5 cm³/mol. The van der Waals surface area contributed by atoms with E-state index < -0.39 is 24.7 Å². The van der Waals surface area contributed by atoms with Gasteiger partial charge in [0.15, 0.2) is 11.5 Å². The number of ether oxygens (including phenoxy) is 2. The summed E-state index contributed by atoms with van der Waals surface area (Å²) in [5, 5.41) is 0. The summed E-state index contributed by atoms with van der Waals surface area (Å²) in [6, 6.07) is 3.41. The lowest BCUT2D eigenvalue weighted by Crippen LogP contribution is -2.08. The van der Waals surface area contributed by atoms with E-state index in [1.807, 2.05) is 0 Å². The van der Waals surface area contributed by atoms with Crippen LogP contribution in [0.15, 0.2) is 18.2 Å². The Bertz CT molecular complexity index is 382. The normalized spacial score (nSPS) is 10.7. The highest BCUT2D eigenvalue weighted by Gasteiger charge is 2.15. The molecule has 0 aliphatic heterocycles. The van der Waals surface area contributed by atoms with Gasteiger partial charge in [-0.1, -0.05) is 6.07 Å². The molecule has 3 nitrogen and oxygen atoms in total. The molecule has 0 bridgehead atoms. The Kier molecular flexibility index (Phi) is 4.74. The van der Waals surface area contributed by atoms with Crippen LogP contribution in [0.1, 0.15) is 5.56 Å². The molecular weight excluding hydrogens is 244 g/mol. The second-order valence-corrected chi connectivity index (χ2v) is 2.91. The number of aldehydes is 1. The molecule has 0 fully saturated rings. The summed E-state index contributed by atoms with van der Waals surface area (Å²) in [7, 11) is 0. The topological polar surface area (TPSA) is 35.5 Å². The molecule has 0 saturated carbocycles. The van der Waals surface area contributed by atoms with Crippen molar-refractivity contribution in [2.45, 2.75) is 19.6 Å². The second kappa shape index (κ2) is 6.07. The number of benzene rings is 1. The molecule has 0 heterocycles. The van der Waals surface area contributed by atoms with Crippen molar-refractivity contribution in [2.75, 3.05) is 0 Å². The van der Waals surface area contributed by atoms with Crippen molar-refractivity contribution in [2.24, 2.45) is 0 Å². The van der Waals surface area contributed by atoms with E-state index >= 15 is 0 Å². The summed E-state index contributed by atoms with van der Waals surface area (Å²) in [5.41, 5.74) is 0.359. The zero-order chi connectivity index (χ0) is 12.8. The molecule has 0 N–H and O–H groups in total. The van der Waals surface area contributed by atoms with Gasteiger partial charge in [0.25, 0.3) is 0 Å². The largest absolute Gasteiger partial charge is 0.431 e. The van der Waals surface area contributed by atoms with Gasteiger partial charge in [-0.3, -0.25) is 0 Å². The summed E-state index contributed by atoms with van der Waals surface area (Å²) >= 11 is 0. The van der Waals surface area contributed by atoms with Crippen LogP contribution in [0.2, 0.25) is 0 Å². The molecule has 1 aromatic carbocycles. The number of carbonyl (C=O) groups excluding carboxylic acids is 1. The highest BCUT2D eigenvalue weighted by molar-refractivity contribution is 5.56. The van der Waals surface area contributed by atoms with E-state index in [0.717, 1.165) is 12.1 Å². The van der Waals surface area contributed by atoms with Gasteiger partial charge in [0.05, 0.1) is 0 Å². The molecule has 0 aliphatic rings. The van der Waals surface area contributed by atoms with Gasteiger partial charge in [0.1, 0.15) is 6.29 Å². The first-order chi connectivity index (χ1) is 8.02. The molecule has 0 aromatic heterocycles. The Morgan fingerprint density at radius 2 is 1.65 bits per heavy atom. The van der Waals surface area contributed by atoms with Gasteiger partial charge in [0, 0.05) is 6.42 Å². The predicted octanol–water partition coefficient (Wildman–Crippen LogP) is 2.63. The molecule has 1 rings (SSSR count). The van der Waals surface area contributed by atoms with E-state index in [4.69, 9.17) is 0 Å². The minimum atomic E-state index is -3.17. The number of rotatable bonds is 6. The van der Waals surface area contributed by atoms with Crippen molar-refractivity contribution in [1.82, 2.24) is 0 Å². The third kappa shape index (κ3) is 4.29. The maximum Gasteiger partial charge on any atom is 0.387 e. The van der Waals surface area contributed by atoms with Crippen LogP contribution in [0.5, 0.6) is 11.5 Å². The highest BCUT2D eigenvalue weighted by Crippen LogP contribution is 2.31. The molecule has 0 spiro atoms. The van der Waals surface area contributed by atoms with E-state index in [1.165, 1.54) is 6.07 Å². The molecule has 0 saturated heterocycles. The van der Waals surface area contributed by atoms with Crippen LogP contribution >= 0.6 is 0 Å². The van der Waals surface area contributed by atoms with Crippen LogP contribution in [0.4, 0.5) is 17.6 Å². The zero-order valence-electron chi connectivity index (χ0n) is 8.41. The van der Waals surface area contributed by atoms with E-state index in [1.54, 1.807) is 0 Å². The maximum absolute atomic E-state index is 12.0. The first kappa shape index (κ1) is 13.3. The maximum atomic E-state index is 12.0. The van der Waals surface area contributed by atoms with Crippen LogP contribution < -0.4 is 9.47 Å². The van der Waals surface area contributed by atoms with Crippen LogP contribution in [0, 0.1) is 0 Å². The number of carbonyl (C=O) groups is 1. The van der Waals surface area contributed by atoms with Crippen LogP contribution in [-0.2, 0) is 11.2 Å². The number of hydrogen-bond acceptors (Lipinski definition) is 3. The third-order valence-electron chi connectivity index (χ3n) is 1.76. The standard InChI is InChI=1S/C10H8F4O3/c11-9(12)16-7-2-1-6(3-4-15)5-8(7)17-10(13)14/h1-2,4-5,9-10H,3H2. The molecule has 17 heavy (non-hydrogen) atoms. The van der Waals surface area contributed by atoms with Gasteiger partial charge >= 0.3 is 13.2 Å². The molecule has 0 amide bonds. The summed E-state index contributed by atoms with van der Waals surface area (Å²) < 4.78 is 56.0. The van der Waals surface area contributed by atoms with E-state index in [2.05, 4.69) is 9.47 Å². The lowest BCUT2D eigenvalue weighted by atomic mass is 10.1. The summed E-state index contributed by atoms with van der Waals surface area (Å²) in [5.74, 6) is -1.03. The summed E-state index contributed by atoms with van der Waals surface area (Å²) in [6.45, 7) is -6.31. The Morgan fingerprint density at radius 1 is 1.06 bits per heavy atom. The van der Waals surface area contributed by atoms with Crippen LogP contribution in [0.25, 0.3) is 0 Å². The van der Waals surface area contributed by atoms with E-state index in [9.17, 15) is 22.4 Å². The van der Waals surface area contributed by atoms with E-state index in [0.29, 0.717) is 11.8 Å². The fraction of sp³-hybridized carbons (Fsp3) is 0.300. The first-order valence-corrected chi connectivity index (χ1v) is 4.49. The fourth-order valence-electron chi connectivity index (χ4n) is 1.16. The lowest BCUT2D eigenvalue weighted by Gasteiger charge is -2.12. The molecule has 94 valence electrons. The molecule has 7 heteroatoms. The van der Waals surface area contributed by atoms with Crippen molar-refractivity contribution >= 4 is 6.29 Å². The molecule has 0 aliphatic carbocycles. The second-order valence-electron chi connectivity index (χ2n) is 2.91. The van der Waals surface area contributed by atoms with Crippen molar-refractivity contribution in [3.05, 3.63) is 23.8 Å². The number of hydrogen-bond donors (Lipinski definition) is 0. The quantitative estimate of drug-likeness (QED) is 0.576. The van der Waals surface area contributed by atoms with Crippen molar-refractivity contribution in [3.63, 3.8) is 0 Å². The Hall–Kier alpha value is -1.79. The van der Waals surface area contributed by atoms with E-state index in [-0.39, 0.29) is 6.42 Å². The van der Waals surface area contributed by atoms with Gasteiger partial charge in [-0.2, -0.15) is 17.6 Å². The molecule has 0 radical (unpaired) electrons. The van der Waals surface area contributed by atoms with Gasteiger partial charge in [0.2, 0.25) is 0 Å². The monoisotopic (exact) mass is 252 g/mol. The van der Waals surface area contributed by atoms with Crippen molar-refractivity contribution in [3.8, 4) is 11.5 Å². The minimum absolute atomic E-state index is 0.0332. The van der Waals surface area contributed by atoms with Gasteiger partial charge < -0.3 is 14.3 Å². The summed E-state index contributed by atoms with van der Waals surface area (Å²) in [4.78, 5) is 10.2. The summed E-state index contributed by atoms with van der Waals surface area (Å²) in [6.07, 6.45) is 0.518. The lowest BCUT2D eigenvalue weighted by molar-refractivity contribution is -0.107. The highest BCUT2D eigenvalue weighted by atomic mass is 19.3. The minimum Gasteiger partial charge on any atom is -0.431 e. The van der Waals surface area contributed by atoms with Crippen LogP contribution in [0.3, 0.4) is 0 Å². The van der Waals surface area contributed by atoms with Gasteiger partial charge in [-0.15, -0.1) is 0 Å². The molecule has 0 unspecified atom stereocenters. The Labute approximate surface area is 93.9 Å². The SMILES string of the molecule is O=CCc1ccc(OC(F)F)c(OC(F)F)c1. The van der Waals surface area contributed by atoms with Crippen LogP contribution in [-0.4, -0.2) is 19.5 Å². The van der Waals surface area contributed by atoms with Gasteiger partial charge in [-0.05, 0) is 17.7 Å². The average molecular weight is 252 g/mol. The molecule has 1 aromatic rings. The van der Waals surface area contributed by atoms with Gasteiger partial charge in [-0.25, -0.2) is 0 Å². The van der Waals surface area contributed by atoms with Crippen molar-refractivity contribution in [1.29, 1.82) is 0 Å². The average Bonchev–Trinajstić information content (AvgIpc) is 2.21.